The molecule has 0 amide bonds. The molecule has 1 aromatic heterocycles. The van der Waals surface area contributed by atoms with Crippen molar-refractivity contribution in [1.82, 2.24) is 9.55 Å². The molecule has 0 aliphatic rings. The molecule has 0 atom stereocenters. The molecule has 22 heavy (non-hydrogen) atoms. The zero-order chi connectivity index (χ0) is 16.5. The van der Waals surface area contributed by atoms with Crippen molar-refractivity contribution in [3.8, 4) is 11.4 Å². The van der Waals surface area contributed by atoms with Crippen molar-refractivity contribution >= 4 is 28.6 Å². The van der Waals surface area contributed by atoms with Crippen molar-refractivity contribution in [1.29, 1.82) is 0 Å². The van der Waals surface area contributed by atoms with Crippen LogP contribution in [0.1, 0.15) is 23.0 Å². The molecule has 2 rings (SSSR count). The van der Waals surface area contributed by atoms with Gasteiger partial charge in [-0.2, -0.15) is 13.2 Å². The number of imidazole rings is 1. The van der Waals surface area contributed by atoms with Gasteiger partial charge in [0.25, 0.3) is 0 Å². The Hall–Kier alpha value is -1.58. The average Bonchev–Trinajstić information content (AvgIpc) is 2.75. The van der Waals surface area contributed by atoms with Crippen LogP contribution in [0.2, 0.25) is 0 Å². The zero-order valence-electron chi connectivity index (χ0n) is 11.7. The third-order valence-corrected chi connectivity index (χ3v) is 4.20. The van der Waals surface area contributed by atoms with Crippen molar-refractivity contribution in [3.63, 3.8) is 0 Å². The molecule has 0 saturated carbocycles. The van der Waals surface area contributed by atoms with Gasteiger partial charge in [0.2, 0.25) is 0 Å². The molecular formula is C14H12F3IN2O2. The Morgan fingerprint density at radius 3 is 2.41 bits per heavy atom. The molecule has 4 nitrogen and oxygen atoms in total. The van der Waals surface area contributed by atoms with E-state index in [0.29, 0.717) is 15.1 Å². The van der Waals surface area contributed by atoms with Gasteiger partial charge in [-0.3, -0.25) is 0 Å². The normalized spacial score (nSPS) is 11.5. The van der Waals surface area contributed by atoms with Crippen LogP contribution in [0.15, 0.2) is 24.3 Å². The molecule has 2 aromatic rings. The van der Waals surface area contributed by atoms with Crippen molar-refractivity contribution in [2.24, 2.45) is 7.05 Å². The summed E-state index contributed by atoms with van der Waals surface area (Å²) in [4.78, 5) is 16.0. The second-order valence-electron chi connectivity index (χ2n) is 4.43. The fourth-order valence-electron chi connectivity index (χ4n) is 1.87. The highest BCUT2D eigenvalue weighted by Crippen LogP contribution is 2.31. The SMILES string of the molecule is CCOC(=O)c1nc(-c2ccc(C(F)(F)F)cc2)n(C)c1I. The number of ether oxygens (including phenoxy) is 1. The molecule has 0 N–H and O–H groups in total. The molecule has 0 bridgehead atoms. The highest BCUT2D eigenvalue weighted by atomic mass is 127. The van der Waals surface area contributed by atoms with Gasteiger partial charge in [0.05, 0.1) is 12.2 Å². The van der Waals surface area contributed by atoms with Gasteiger partial charge in [0.15, 0.2) is 5.69 Å². The van der Waals surface area contributed by atoms with Crippen LogP contribution in [0.5, 0.6) is 0 Å². The number of halogens is 4. The Morgan fingerprint density at radius 1 is 1.32 bits per heavy atom. The van der Waals surface area contributed by atoms with Crippen LogP contribution >= 0.6 is 22.6 Å². The molecule has 0 aliphatic carbocycles. The molecule has 0 radical (unpaired) electrons. The third kappa shape index (κ3) is 3.26. The van der Waals surface area contributed by atoms with Gasteiger partial charge >= 0.3 is 12.1 Å². The van der Waals surface area contributed by atoms with Gasteiger partial charge < -0.3 is 9.30 Å². The largest absolute Gasteiger partial charge is 0.461 e. The number of aromatic nitrogens is 2. The van der Waals surface area contributed by atoms with Crippen LogP contribution in [-0.2, 0) is 18.0 Å². The fourth-order valence-corrected chi connectivity index (χ4v) is 2.44. The van der Waals surface area contributed by atoms with Crippen molar-refractivity contribution in [2.45, 2.75) is 13.1 Å². The van der Waals surface area contributed by atoms with Crippen LogP contribution in [0.3, 0.4) is 0 Å². The molecular weight excluding hydrogens is 412 g/mol. The fraction of sp³-hybridized carbons (Fsp3) is 0.286. The number of nitrogens with zero attached hydrogens (tertiary/aromatic N) is 2. The predicted molar refractivity (Wildman–Crippen MR) is 82.3 cm³/mol. The van der Waals surface area contributed by atoms with Crippen molar-refractivity contribution in [3.05, 3.63) is 39.2 Å². The summed E-state index contributed by atoms with van der Waals surface area (Å²) in [6.07, 6.45) is -4.38. The van der Waals surface area contributed by atoms with E-state index in [0.717, 1.165) is 12.1 Å². The van der Waals surface area contributed by atoms with Gasteiger partial charge in [-0.15, -0.1) is 0 Å². The summed E-state index contributed by atoms with van der Waals surface area (Å²) in [5.41, 5.74) is -0.0883. The molecule has 0 unspecified atom stereocenters. The highest BCUT2D eigenvalue weighted by molar-refractivity contribution is 14.1. The van der Waals surface area contributed by atoms with E-state index < -0.39 is 17.7 Å². The molecule has 1 aromatic carbocycles. The lowest BCUT2D eigenvalue weighted by Gasteiger charge is -2.07. The maximum absolute atomic E-state index is 12.6. The topological polar surface area (TPSA) is 44.1 Å². The Balaban J connectivity index is 2.41. The summed E-state index contributed by atoms with van der Waals surface area (Å²) >= 11 is 1.95. The van der Waals surface area contributed by atoms with Crippen LogP contribution in [0, 0.1) is 3.70 Å². The Morgan fingerprint density at radius 2 is 1.91 bits per heavy atom. The molecule has 8 heteroatoms. The lowest BCUT2D eigenvalue weighted by atomic mass is 10.1. The molecule has 118 valence electrons. The van der Waals surface area contributed by atoms with E-state index in [1.807, 2.05) is 22.6 Å². The number of carbonyl (C=O) groups is 1. The van der Waals surface area contributed by atoms with Crippen LogP contribution in [-0.4, -0.2) is 22.1 Å². The smallest absolute Gasteiger partial charge is 0.416 e. The van der Waals surface area contributed by atoms with E-state index in [9.17, 15) is 18.0 Å². The first-order valence-electron chi connectivity index (χ1n) is 6.32. The monoisotopic (exact) mass is 424 g/mol. The first-order chi connectivity index (χ1) is 10.3. The van der Waals surface area contributed by atoms with E-state index >= 15 is 0 Å². The number of alkyl halides is 3. The van der Waals surface area contributed by atoms with Gasteiger partial charge in [0, 0.05) is 12.6 Å². The second-order valence-corrected chi connectivity index (χ2v) is 5.45. The number of hydrogen-bond donors (Lipinski definition) is 0. The number of hydrogen-bond acceptors (Lipinski definition) is 3. The van der Waals surface area contributed by atoms with Gasteiger partial charge in [0.1, 0.15) is 9.53 Å². The van der Waals surface area contributed by atoms with Gasteiger partial charge in [-0.25, -0.2) is 9.78 Å². The maximum Gasteiger partial charge on any atom is 0.416 e. The van der Waals surface area contributed by atoms with E-state index in [2.05, 4.69) is 4.98 Å². The summed E-state index contributed by atoms with van der Waals surface area (Å²) in [5.74, 6) is -0.151. The Bertz CT molecular complexity index is 693. The quantitative estimate of drug-likeness (QED) is 0.555. The highest BCUT2D eigenvalue weighted by Gasteiger charge is 2.30. The number of rotatable bonds is 3. The summed E-state index contributed by atoms with van der Waals surface area (Å²) in [7, 11) is 1.69. The molecule has 1 heterocycles. The summed E-state index contributed by atoms with van der Waals surface area (Å²) < 4.78 is 44.8. The first kappa shape index (κ1) is 16.8. The van der Waals surface area contributed by atoms with E-state index in [1.54, 1.807) is 18.5 Å². The average molecular weight is 424 g/mol. The molecule has 0 saturated heterocycles. The predicted octanol–water partition coefficient (Wildman–Crippen LogP) is 3.89. The summed E-state index contributed by atoms with van der Waals surface area (Å²) in [6.45, 7) is 1.91. The van der Waals surface area contributed by atoms with Crippen LogP contribution < -0.4 is 0 Å². The lowest BCUT2D eigenvalue weighted by molar-refractivity contribution is -0.137. The number of benzene rings is 1. The Kier molecular flexibility index (Phi) is 4.78. The maximum atomic E-state index is 12.6. The minimum absolute atomic E-state index is 0.153. The summed E-state index contributed by atoms with van der Waals surface area (Å²) in [5, 5.41) is 0. The van der Waals surface area contributed by atoms with E-state index in [4.69, 9.17) is 4.74 Å². The number of esters is 1. The first-order valence-corrected chi connectivity index (χ1v) is 7.40. The minimum Gasteiger partial charge on any atom is -0.461 e. The standard InChI is InChI=1S/C14H12F3IN2O2/c1-3-22-13(21)10-11(18)20(2)12(19-10)8-4-6-9(7-5-8)14(15,16)17/h4-7H,3H2,1-2H3. The van der Waals surface area contributed by atoms with Crippen LogP contribution in [0.25, 0.3) is 11.4 Å². The van der Waals surface area contributed by atoms with E-state index in [1.165, 1.54) is 12.1 Å². The third-order valence-electron chi connectivity index (χ3n) is 2.96. The van der Waals surface area contributed by atoms with E-state index in [-0.39, 0.29) is 12.3 Å². The van der Waals surface area contributed by atoms with Crippen molar-refractivity contribution in [2.75, 3.05) is 6.61 Å². The van der Waals surface area contributed by atoms with Crippen molar-refractivity contribution < 1.29 is 22.7 Å². The molecule has 0 aliphatic heterocycles. The Labute approximate surface area is 138 Å². The van der Waals surface area contributed by atoms with Crippen LogP contribution in [0.4, 0.5) is 13.2 Å². The molecule has 0 spiro atoms. The summed E-state index contributed by atoms with van der Waals surface area (Å²) in [6, 6.07) is 4.63. The minimum atomic E-state index is -4.38. The second kappa shape index (κ2) is 6.27. The zero-order valence-corrected chi connectivity index (χ0v) is 13.9. The van der Waals surface area contributed by atoms with Gasteiger partial charge in [-0.1, -0.05) is 12.1 Å². The molecule has 0 fully saturated rings. The van der Waals surface area contributed by atoms with Gasteiger partial charge in [-0.05, 0) is 41.6 Å². The lowest BCUT2D eigenvalue weighted by Crippen LogP contribution is -2.07. The number of carbonyl (C=O) groups excluding carboxylic acids is 1.